The average Bonchev–Trinajstić information content (AvgIpc) is 3.07. The van der Waals surface area contributed by atoms with Gasteiger partial charge in [0.15, 0.2) is 0 Å². The smallest absolute Gasteiger partial charge is 0.323 e. The number of aryl methyl sites for hydroxylation is 1. The predicted octanol–water partition coefficient (Wildman–Crippen LogP) is 1.90. The molecule has 0 unspecified atom stereocenters. The SMILES string of the molecule is Cc1scc(C(=O)NCC(=O)Nc2ccc3[nH]c(=O)[nH]c3c2)c1C. The number of rotatable bonds is 4. The zero-order valence-electron chi connectivity index (χ0n) is 13.1. The summed E-state index contributed by atoms with van der Waals surface area (Å²) in [5.74, 6) is -0.609. The van der Waals surface area contributed by atoms with Gasteiger partial charge in [-0.3, -0.25) is 9.59 Å². The van der Waals surface area contributed by atoms with Crippen LogP contribution in [-0.2, 0) is 4.79 Å². The molecular formula is C16H16N4O3S. The summed E-state index contributed by atoms with van der Waals surface area (Å²) in [6.45, 7) is 3.70. The van der Waals surface area contributed by atoms with Crippen LogP contribution in [-0.4, -0.2) is 28.3 Å². The van der Waals surface area contributed by atoms with Gasteiger partial charge in [0.25, 0.3) is 5.91 Å². The molecule has 7 nitrogen and oxygen atoms in total. The van der Waals surface area contributed by atoms with Gasteiger partial charge in [-0.1, -0.05) is 0 Å². The lowest BCUT2D eigenvalue weighted by molar-refractivity contribution is -0.115. The van der Waals surface area contributed by atoms with Gasteiger partial charge in [0.1, 0.15) is 0 Å². The maximum Gasteiger partial charge on any atom is 0.323 e. The fourth-order valence-corrected chi connectivity index (χ4v) is 3.17. The van der Waals surface area contributed by atoms with Crippen LogP contribution in [0, 0.1) is 13.8 Å². The molecule has 1 aromatic carbocycles. The van der Waals surface area contributed by atoms with E-state index in [9.17, 15) is 14.4 Å². The number of H-pyrrole nitrogens is 2. The van der Waals surface area contributed by atoms with Crippen molar-refractivity contribution in [2.24, 2.45) is 0 Å². The summed E-state index contributed by atoms with van der Waals surface area (Å²) in [5, 5.41) is 7.07. The highest BCUT2D eigenvalue weighted by Crippen LogP contribution is 2.20. The number of benzene rings is 1. The fraction of sp³-hybridized carbons (Fsp3) is 0.188. The molecule has 0 atom stereocenters. The van der Waals surface area contributed by atoms with Crippen LogP contribution in [0.1, 0.15) is 20.8 Å². The quantitative estimate of drug-likeness (QED) is 0.581. The number of amides is 2. The van der Waals surface area contributed by atoms with Crippen LogP contribution in [0.3, 0.4) is 0 Å². The van der Waals surface area contributed by atoms with Gasteiger partial charge in [-0.2, -0.15) is 0 Å². The van der Waals surface area contributed by atoms with Gasteiger partial charge in [-0.15, -0.1) is 11.3 Å². The molecule has 2 heterocycles. The van der Waals surface area contributed by atoms with Gasteiger partial charge in [0.05, 0.1) is 23.1 Å². The van der Waals surface area contributed by atoms with E-state index in [1.54, 1.807) is 23.6 Å². The number of fused-ring (bicyclic) bond motifs is 1. The number of aromatic nitrogens is 2. The second kappa shape index (κ2) is 6.32. The predicted molar refractivity (Wildman–Crippen MR) is 93.7 cm³/mol. The van der Waals surface area contributed by atoms with Gasteiger partial charge in [-0.25, -0.2) is 4.79 Å². The van der Waals surface area contributed by atoms with E-state index in [2.05, 4.69) is 20.6 Å². The lowest BCUT2D eigenvalue weighted by atomic mass is 10.1. The summed E-state index contributed by atoms with van der Waals surface area (Å²) in [6, 6.07) is 5.02. The summed E-state index contributed by atoms with van der Waals surface area (Å²) in [7, 11) is 0. The summed E-state index contributed by atoms with van der Waals surface area (Å²) >= 11 is 1.51. The second-order valence-corrected chi connectivity index (χ2v) is 6.48. The maximum absolute atomic E-state index is 12.1. The molecule has 2 amide bonds. The molecule has 2 aromatic heterocycles. The van der Waals surface area contributed by atoms with Crippen molar-refractivity contribution in [1.29, 1.82) is 0 Å². The molecule has 0 fully saturated rings. The van der Waals surface area contributed by atoms with Crippen LogP contribution in [0.15, 0.2) is 28.4 Å². The van der Waals surface area contributed by atoms with Gasteiger partial charge in [0, 0.05) is 15.9 Å². The number of nitrogens with one attached hydrogen (secondary N) is 4. The Hall–Kier alpha value is -2.87. The molecule has 0 saturated heterocycles. The number of hydrogen-bond donors (Lipinski definition) is 4. The van der Waals surface area contributed by atoms with Crippen molar-refractivity contribution >= 4 is 39.9 Å². The van der Waals surface area contributed by atoms with E-state index in [1.165, 1.54) is 11.3 Å². The van der Waals surface area contributed by atoms with Crippen molar-refractivity contribution in [3.63, 3.8) is 0 Å². The standard InChI is InChI=1S/C16H16N4O3S/c1-8-9(2)24-7-11(8)15(22)17-6-14(21)18-10-3-4-12-13(5-10)20-16(23)19-12/h3-5,7H,6H2,1-2H3,(H,17,22)(H,18,21)(H2,19,20,23). The molecule has 24 heavy (non-hydrogen) atoms. The van der Waals surface area contributed by atoms with Crippen LogP contribution >= 0.6 is 11.3 Å². The Kier molecular flexibility index (Phi) is 4.22. The van der Waals surface area contributed by atoms with Crippen LogP contribution in [0.5, 0.6) is 0 Å². The normalized spacial score (nSPS) is 10.8. The minimum atomic E-state index is -0.342. The molecular weight excluding hydrogens is 328 g/mol. The zero-order chi connectivity index (χ0) is 17.3. The minimum absolute atomic E-state index is 0.130. The van der Waals surface area contributed by atoms with Crippen LogP contribution < -0.4 is 16.3 Å². The summed E-state index contributed by atoms with van der Waals surface area (Å²) in [6.07, 6.45) is 0. The van der Waals surface area contributed by atoms with E-state index in [4.69, 9.17) is 0 Å². The maximum atomic E-state index is 12.1. The number of hydrogen-bond acceptors (Lipinski definition) is 4. The highest BCUT2D eigenvalue weighted by atomic mass is 32.1. The number of anilines is 1. The van der Waals surface area contributed by atoms with Crippen molar-refractivity contribution in [3.05, 3.63) is 50.1 Å². The van der Waals surface area contributed by atoms with Crippen molar-refractivity contribution in [2.75, 3.05) is 11.9 Å². The molecule has 3 aromatic rings. The largest absolute Gasteiger partial charge is 0.343 e. The number of thiophene rings is 1. The van der Waals surface area contributed by atoms with Crippen LogP contribution in [0.4, 0.5) is 5.69 Å². The first kappa shape index (κ1) is 16.0. The van der Waals surface area contributed by atoms with Crippen molar-refractivity contribution in [3.8, 4) is 0 Å². The van der Waals surface area contributed by atoms with Gasteiger partial charge in [-0.05, 0) is 37.6 Å². The number of imidazole rings is 1. The fourth-order valence-electron chi connectivity index (χ4n) is 2.31. The molecule has 8 heteroatoms. The zero-order valence-corrected chi connectivity index (χ0v) is 14.0. The van der Waals surface area contributed by atoms with Crippen molar-refractivity contribution < 1.29 is 9.59 Å². The molecule has 124 valence electrons. The first-order chi connectivity index (χ1) is 11.4. The Morgan fingerprint density at radius 3 is 2.62 bits per heavy atom. The molecule has 0 spiro atoms. The first-order valence-electron chi connectivity index (χ1n) is 7.29. The third kappa shape index (κ3) is 3.23. The van der Waals surface area contributed by atoms with E-state index in [-0.39, 0.29) is 24.0 Å². The van der Waals surface area contributed by atoms with E-state index in [0.29, 0.717) is 22.3 Å². The molecule has 0 aliphatic carbocycles. The van der Waals surface area contributed by atoms with E-state index in [1.807, 2.05) is 13.8 Å². The summed E-state index contributed by atoms with van der Waals surface area (Å²) in [4.78, 5) is 41.6. The summed E-state index contributed by atoms with van der Waals surface area (Å²) < 4.78 is 0. The number of carbonyl (C=O) groups is 2. The lowest BCUT2D eigenvalue weighted by Gasteiger charge is -2.07. The van der Waals surface area contributed by atoms with E-state index < -0.39 is 0 Å². The van der Waals surface area contributed by atoms with Crippen molar-refractivity contribution in [2.45, 2.75) is 13.8 Å². The third-order valence-corrected chi connectivity index (χ3v) is 4.75. The molecule has 0 aliphatic rings. The Bertz CT molecular complexity index is 983. The summed E-state index contributed by atoms with van der Waals surface area (Å²) in [5.41, 5.74) is 3.03. The van der Waals surface area contributed by atoms with E-state index >= 15 is 0 Å². The molecule has 0 aliphatic heterocycles. The Morgan fingerprint density at radius 1 is 1.17 bits per heavy atom. The highest BCUT2D eigenvalue weighted by Gasteiger charge is 2.13. The highest BCUT2D eigenvalue weighted by molar-refractivity contribution is 7.10. The Morgan fingerprint density at radius 2 is 1.92 bits per heavy atom. The molecule has 4 N–H and O–H groups in total. The van der Waals surface area contributed by atoms with Gasteiger partial charge < -0.3 is 20.6 Å². The Labute approximate surface area is 141 Å². The van der Waals surface area contributed by atoms with Gasteiger partial charge in [0.2, 0.25) is 5.91 Å². The topological polar surface area (TPSA) is 107 Å². The monoisotopic (exact) mass is 344 g/mol. The third-order valence-electron chi connectivity index (χ3n) is 3.74. The van der Waals surface area contributed by atoms with Gasteiger partial charge >= 0.3 is 5.69 Å². The first-order valence-corrected chi connectivity index (χ1v) is 8.17. The molecule has 3 rings (SSSR count). The molecule has 0 saturated carbocycles. The number of aromatic amines is 2. The Balaban J connectivity index is 1.61. The van der Waals surface area contributed by atoms with Crippen LogP contribution in [0.2, 0.25) is 0 Å². The molecule has 0 radical (unpaired) electrons. The lowest BCUT2D eigenvalue weighted by Crippen LogP contribution is -2.32. The second-order valence-electron chi connectivity index (χ2n) is 5.40. The average molecular weight is 344 g/mol. The number of carbonyl (C=O) groups excluding carboxylic acids is 2. The molecule has 0 bridgehead atoms. The minimum Gasteiger partial charge on any atom is -0.343 e. The van der Waals surface area contributed by atoms with E-state index in [0.717, 1.165) is 10.4 Å². The van der Waals surface area contributed by atoms with Crippen LogP contribution in [0.25, 0.3) is 11.0 Å². The van der Waals surface area contributed by atoms with Crippen molar-refractivity contribution in [1.82, 2.24) is 15.3 Å².